The Morgan fingerprint density at radius 2 is 0.967 bits per heavy atom. The number of carbonyl (C=O) groups excluding carboxylic acids is 2. The molecule has 0 radical (unpaired) electrons. The molecule has 9 heterocycles. The number of hydrogen-bond acceptors (Lipinski definition) is 15. The van der Waals surface area contributed by atoms with Gasteiger partial charge in [0.1, 0.15) is 23.1 Å². The van der Waals surface area contributed by atoms with Crippen LogP contribution in [0.3, 0.4) is 0 Å². The van der Waals surface area contributed by atoms with Gasteiger partial charge in [-0.25, -0.2) is 48.1 Å². The van der Waals surface area contributed by atoms with Gasteiger partial charge in [-0.3, -0.25) is 41.8 Å². The second-order valence-electron chi connectivity index (χ2n) is 23.3. The summed E-state index contributed by atoms with van der Waals surface area (Å²) in [5, 5.41) is 12.8. The predicted octanol–water partition coefficient (Wildman–Crippen LogP) is 7.46. The molecule has 12 aromatic rings. The summed E-state index contributed by atoms with van der Waals surface area (Å²) in [6, 6.07) is 22.9. The molecule has 91 heavy (non-hydrogen) atoms. The standard InChI is InChI=1S/C22H21ClN6O4.C21H21BrClN5O4.C17H17ClN6O2/c1-22(2,3)33-21(32)29-12(9-13-14(23)7-6-8-15(13)29)11-28-19(30)17-18(27(5)20(28)31)25-16(10-24)26(17)4;1-21(2,3)32-20(31)28-11(9-12-13(23)7-6-8-14(12)28)10-27-17(29)15-16(26(5)19(27)30)24-18(22)25(15)4;1-22-13(7-19)21-15-14(22)16(25)24(17(26)23(15)2)8-9-6-10-11(18)4-3-5-12(10)20-9/h6-9H,11H2,1-5H3;6-9H,10H2,1-5H3;3-6,20H,7-8,19H2,1-2H3. The number of rotatable bonds is 7. The van der Waals surface area contributed by atoms with Gasteiger partial charge in [0.05, 0.1) is 48.6 Å². The van der Waals surface area contributed by atoms with Crippen molar-refractivity contribution < 1.29 is 19.1 Å². The van der Waals surface area contributed by atoms with Gasteiger partial charge in [-0.2, -0.15) is 5.26 Å². The van der Waals surface area contributed by atoms with Gasteiger partial charge in [0.2, 0.25) is 5.82 Å². The van der Waals surface area contributed by atoms with Crippen LogP contribution < -0.4 is 39.5 Å². The number of nitrogens with two attached hydrogens (primary N) is 1. The Hall–Kier alpha value is -9.53. The van der Waals surface area contributed by atoms with Gasteiger partial charge in [0, 0.05) is 84.7 Å². The number of nitrogens with one attached hydrogen (secondary N) is 1. The van der Waals surface area contributed by atoms with Crippen LogP contribution in [0.1, 0.15) is 70.3 Å². The maximum absolute atomic E-state index is 13.3. The molecule has 0 atom stereocenters. The predicted molar refractivity (Wildman–Crippen MR) is 349 cm³/mol. The van der Waals surface area contributed by atoms with Crippen LogP contribution in [0.15, 0.2) is 106 Å². The quantitative estimate of drug-likeness (QED) is 0.146. The highest BCUT2D eigenvalue weighted by atomic mass is 79.9. The summed E-state index contributed by atoms with van der Waals surface area (Å²) in [4.78, 5) is 120. The number of nitriles is 1. The fraction of sp³-hybridized carbons (Fsp3) is 0.300. The summed E-state index contributed by atoms with van der Waals surface area (Å²) < 4.78 is 25.9. The average Bonchev–Trinajstić information content (AvgIpc) is 1.68. The molecule has 0 aliphatic heterocycles. The van der Waals surface area contributed by atoms with E-state index in [1.165, 1.54) is 46.1 Å². The maximum atomic E-state index is 13.3. The van der Waals surface area contributed by atoms with E-state index in [0.29, 0.717) is 75.7 Å². The maximum Gasteiger partial charge on any atom is 0.419 e. The van der Waals surface area contributed by atoms with Gasteiger partial charge in [-0.1, -0.05) is 53.0 Å². The molecule has 9 aromatic heterocycles. The number of hydrogen-bond donors (Lipinski definition) is 2. The van der Waals surface area contributed by atoms with E-state index in [4.69, 9.17) is 50.0 Å². The van der Waals surface area contributed by atoms with Crippen molar-refractivity contribution >= 4 is 129 Å². The number of halogens is 4. The topological polar surface area (TPSA) is 314 Å². The average molecular weight is 1360 g/mol. The summed E-state index contributed by atoms with van der Waals surface area (Å²) in [6.07, 6.45) is -1.29. The van der Waals surface area contributed by atoms with Crippen molar-refractivity contribution in [2.75, 3.05) is 0 Å². The van der Waals surface area contributed by atoms with E-state index >= 15 is 0 Å². The fourth-order valence-corrected chi connectivity index (χ4v) is 11.6. The Kier molecular flexibility index (Phi) is 17.0. The van der Waals surface area contributed by atoms with Crippen molar-refractivity contribution in [1.82, 2.24) is 70.2 Å². The highest BCUT2D eigenvalue weighted by Crippen LogP contribution is 2.31. The first-order valence-electron chi connectivity index (χ1n) is 27.8. The van der Waals surface area contributed by atoms with Crippen molar-refractivity contribution in [2.45, 2.75) is 78.9 Å². The molecule has 0 amide bonds. The third-order valence-corrected chi connectivity index (χ3v) is 16.6. The number of aromatic amines is 1. The number of H-pyrrole nitrogens is 1. The molecule has 3 N–H and O–H groups in total. The monoisotopic (exact) mass is 1360 g/mol. The second kappa shape index (κ2) is 24.0. The van der Waals surface area contributed by atoms with Crippen molar-refractivity contribution in [2.24, 2.45) is 48.0 Å². The molecule has 0 spiro atoms. The SMILES string of the molecule is Cn1c(Br)nc2c1c(=O)n(Cc1cc3c(Cl)cccc3n1C(=O)OC(C)(C)C)c(=O)n2C.Cn1c(C#N)nc2c1c(=O)n(Cc1cc3c(Cl)cccc3n1C(=O)OC(C)(C)C)c(=O)n2C.Cn1c(CN)nc2c1c(=O)n(Cc1cc3c(Cl)cccc3[nH]1)c(=O)n2C. The molecule has 12 rings (SSSR count). The molecule has 27 nitrogen and oxygen atoms in total. The smallest absolute Gasteiger partial charge is 0.419 e. The van der Waals surface area contributed by atoms with E-state index in [-0.39, 0.29) is 54.3 Å². The Balaban J connectivity index is 0.000000151. The van der Waals surface area contributed by atoms with Crippen LogP contribution in [0, 0.1) is 11.3 Å². The van der Waals surface area contributed by atoms with Gasteiger partial charge in [0.25, 0.3) is 16.7 Å². The van der Waals surface area contributed by atoms with E-state index in [1.807, 2.05) is 24.3 Å². The lowest BCUT2D eigenvalue weighted by molar-refractivity contribution is 0.0528. The molecule has 0 saturated carbocycles. The molecule has 0 aliphatic carbocycles. The van der Waals surface area contributed by atoms with Crippen molar-refractivity contribution in [1.29, 1.82) is 5.26 Å². The summed E-state index contributed by atoms with van der Waals surface area (Å²) in [5.41, 5.74) is 5.73. The molecule has 0 fully saturated rings. The lowest BCUT2D eigenvalue weighted by Crippen LogP contribution is -2.40. The number of benzene rings is 3. The molecule has 0 bridgehead atoms. The molecule has 472 valence electrons. The highest BCUT2D eigenvalue weighted by Gasteiger charge is 2.28. The molecule has 3 aromatic carbocycles. The first-order chi connectivity index (χ1) is 42.8. The second-order valence-corrected chi connectivity index (χ2v) is 25.2. The van der Waals surface area contributed by atoms with Crippen molar-refractivity contribution in [3.63, 3.8) is 0 Å². The first kappa shape index (κ1) is 64.5. The van der Waals surface area contributed by atoms with Gasteiger partial charge in [-0.05, 0) is 112 Å². The van der Waals surface area contributed by atoms with E-state index in [0.717, 1.165) is 20.0 Å². The zero-order chi connectivity index (χ0) is 66.4. The van der Waals surface area contributed by atoms with Gasteiger partial charge >= 0.3 is 29.3 Å². The van der Waals surface area contributed by atoms with Gasteiger partial charge < -0.3 is 33.9 Å². The number of ether oxygens (including phenoxy) is 2. The van der Waals surface area contributed by atoms with E-state index < -0.39 is 57.1 Å². The molecular formula is C60H59BrCl3N17O10. The number of fused-ring (bicyclic) bond motifs is 6. The Morgan fingerprint density at radius 1 is 0.560 bits per heavy atom. The largest absolute Gasteiger partial charge is 0.443 e. The summed E-state index contributed by atoms with van der Waals surface area (Å²) in [5.74, 6) is 0.548. The van der Waals surface area contributed by atoms with Crippen LogP contribution in [0.25, 0.3) is 66.2 Å². The lowest BCUT2D eigenvalue weighted by Gasteiger charge is -2.21. The number of aryl methyl sites for hydroxylation is 6. The minimum Gasteiger partial charge on any atom is -0.443 e. The Morgan fingerprint density at radius 3 is 1.41 bits per heavy atom. The van der Waals surface area contributed by atoms with Gasteiger partial charge in [0.15, 0.2) is 38.2 Å². The first-order valence-corrected chi connectivity index (χ1v) is 29.7. The lowest BCUT2D eigenvalue weighted by atomic mass is 10.2. The van der Waals surface area contributed by atoms with Crippen LogP contribution in [-0.4, -0.2) is 93.6 Å². The van der Waals surface area contributed by atoms with E-state index in [9.17, 15) is 43.6 Å². The summed E-state index contributed by atoms with van der Waals surface area (Å²) in [7, 11) is 9.52. The van der Waals surface area contributed by atoms with E-state index in [1.54, 1.807) is 133 Å². The van der Waals surface area contributed by atoms with Crippen LogP contribution >= 0.6 is 50.7 Å². The van der Waals surface area contributed by atoms with Gasteiger partial charge in [-0.15, -0.1) is 0 Å². The normalized spacial score (nSPS) is 11.9. The van der Waals surface area contributed by atoms with E-state index in [2.05, 4.69) is 35.9 Å². The van der Waals surface area contributed by atoms with Crippen LogP contribution in [0.2, 0.25) is 15.1 Å². The van der Waals surface area contributed by atoms with Crippen LogP contribution in [0.5, 0.6) is 0 Å². The van der Waals surface area contributed by atoms with Crippen LogP contribution in [0.4, 0.5) is 9.59 Å². The van der Waals surface area contributed by atoms with Crippen molar-refractivity contribution in [3.8, 4) is 6.07 Å². The van der Waals surface area contributed by atoms with Crippen LogP contribution in [-0.2, 0) is 77.9 Å². The number of nitrogens with zero attached hydrogens (tertiary/aromatic N) is 15. The Bertz CT molecular complexity index is 5470. The summed E-state index contributed by atoms with van der Waals surface area (Å²) in [6.45, 7) is 10.4. The third kappa shape index (κ3) is 11.6. The number of aromatic nitrogens is 15. The number of carbonyl (C=O) groups is 2. The number of imidazole rings is 3. The zero-order valence-corrected chi connectivity index (χ0v) is 55.0. The Labute approximate surface area is 537 Å². The summed E-state index contributed by atoms with van der Waals surface area (Å²) >= 11 is 22.2. The minimum absolute atomic E-state index is 0.00417. The minimum atomic E-state index is -0.766. The highest BCUT2D eigenvalue weighted by molar-refractivity contribution is 9.10. The molecular weight excluding hydrogens is 1310 g/mol. The molecule has 0 aliphatic rings. The molecule has 0 unspecified atom stereocenters. The molecule has 0 saturated heterocycles. The van der Waals surface area contributed by atoms with Crippen molar-refractivity contribution in [3.05, 3.63) is 184 Å². The molecule has 31 heteroatoms. The third-order valence-electron chi connectivity index (χ3n) is 14.9. The zero-order valence-electron chi connectivity index (χ0n) is 51.1. The fourth-order valence-electron chi connectivity index (χ4n) is 10.6.